The summed E-state index contributed by atoms with van der Waals surface area (Å²) in [7, 11) is 1.73. The minimum Gasteiger partial charge on any atom is -0.496 e. The molecule has 1 aliphatic heterocycles. The number of aliphatic hydroxyl groups excluding tert-OH is 1. The van der Waals surface area contributed by atoms with Crippen LogP contribution in [0.15, 0.2) is 66.2 Å². The summed E-state index contributed by atoms with van der Waals surface area (Å²) in [6, 6.07) is 21.8. The minimum atomic E-state index is 0.179. The van der Waals surface area contributed by atoms with E-state index in [1.54, 1.807) is 7.11 Å². The molecule has 4 nitrogen and oxygen atoms in total. The summed E-state index contributed by atoms with van der Waals surface area (Å²) in [5.74, 6) is 2.41. The Balaban J connectivity index is 1.28. The Bertz CT molecular complexity index is 1310. The molecule has 1 heterocycles. The molecule has 3 aromatic rings. The molecular weight excluding hydrogens is 470 g/mol. The fourth-order valence-electron chi connectivity index (χ4n) is 6.01. The molecule has 1 N–H and O–H groups in total. The number of methoxy groups -OCH3 is 1. The van der Waals surface area contributed by atoms with Crippen molar-refractivity contribution in [2.45, 2.75) is 65.6 Å². The van der Waals surface area contributed by atoms with E-state index in [-0.39, 0.29) is 12.6 Å². The molecule has 1 aliphatic carbocycles. The van der Waals surface area contributed by atoms with Crippen LogP contribution in [0.2, 0.25) is 0 Å². The van der Waals surface area contributed by atoms with Crippen molar-refractivity contribution >= 4 is 5.57 Å². The second-order valence-corrected chi connectivity index (χ2v) is 11.3. The molecule has 0 saturated heterocycles. The second-order valence-electron chi connectivity index (χ2n) is 11.3. The van der Waals surface area contributed by atoms with Crippen molar-refractivity contribution in [2.24, 2.45) is 5.92 Å². The first-order valence-electron chi connectivity index (χ1n) is 14.0. The summed E-state index contributed by atoms with van der Waals surface area (Å²) in [6.45, 7) is 9.22. The van der Waals surface area contributed by atoms with Gasteiger partial charge in [0.2, 0.25) is 0 Å². The van der Waals surface area contributed by atoms with Crippen LogP contribution in [-0.2, 0) is 32.4 Å². The van der Waals surface area contributed by atoms with Gasteiger partial charge in [0, 0.05) is 24.7 Å². The van der Waals surface area contributed by atoms with Crippen LogP contribution in [0.25, 0.3) is 5.57 Å². The largest absolute Gasteiger partial charge is 0.496 e. The zero-order valence-electron chi connectivity index (χ0n) is 23.3. The van der Waals surface area contributed by atoms with E-state index in [0.717, 1.165) is 55.8 Å². The van der Waals surface area contributed by atoms with E-state index in [1.807, 2.05) is 0 Å². The molecule has 3 aromatic carbocycles. The smallest absolute Gasteiger partial charge is 0.125 e. The van der Waals surface area contributed by atoms with Crippen LogP contribution in [0.1, 0.15) is 60.6 Å². The molecule has 0 radical (unpaired) electrons. The van der Waals surface area contributed by atoms with E-state index in [9.17, 15) is 5.11 Å². The molecule has 0 amide bonds. The Morgan fingerprint density at radius 3 is 2.55 bits per heavy atom. The van der Waals surface area contributed by atoms with Gasteiger partial charge in [-0.15, -0.1) is 0 Å². The van der Waals surface area contributed by atoms with Gasteiger partial charge in [0.15, 0.2) is 0 Å². The highest BCUT2D eigenvalue weighted by Gasteiger charge is 2.27. The molecule has 200 valence electrons. The molecule has 0 spiro atoms. The van der Waals surface area contributed by atoms with Gasteiger partial charge in [-0.2, -0.15) is 0 Å². The number of allylic oxidation sites excluding steroid dienone is 1. The van der Waals surface area contributed by atoms with Gasteiger partial charge >= 0.3 is 0 Å². The Kier molecular flexibility index (Phi) is 8.21. The monoisotopic (exact) mass is 511 g/mol. The third-order valence-electron chi connectivity index (χ3n) is 8.17. The van der Waals surface area contributed by atoms with Crippen LogP contribution in [-0.4, -0.2) is 36.3 Å². The molecule has 0 aromatic heterocycles. The zero-order valence-corrected chi connectivity index (χ0v) is 23.3. The van der Waals surface area contributed by atoms with Gasteiger partial charge in [-0.05, 0) is 90.1 Å². The van der Waals surface area contributed by atoms with Crippen LogP contribution in [0.5, 0.6) is 11.5 Å². The van der Waals surface area contributed by atoms with Crippen LogP contribution in [0.4, 0.5) is 0 Å². The lowest BCUT2D eigenvalue weighted by molar-refractivity contribution is 0.114. The number of benzene rings is 3. The summed E-state index contributed by atoms with van der Waals surface area (Å²) in [5, 5.41) is 10.1. The van der Waals surface area contributed by atoms with Crippen molar-refractivity contribution in [1.82, 2.24) is 4.90 Å². The first-order chi connectivity index (χ1) is 18.4. The van der Waals surface area contributed by atoms with Crippen LogP contribution in [0.3, 0.4) is 0 Å². The van der Waals surface area contributed by atoms with Crippen molar-refractivity contribution in [3.05, 3.63) is 99.6 Å². The number of fused-ring (bicyclic) bond motifs is 2. The van der Waals surface area contributed by atoms with Gasteiger partial charge in [-0.25, -0.2) is 0 Å². The van der Waals surface area contributed by atoms with E-state index in [1.165, 1.54) is 39.0 Å². The summed E-state index contributed by atoms with van der Waals surface area (Å²) < 4.78 is 11.9. The maximum absolute atomic E-state index is 10.1. The van der Waals surface area contributed by atoms with Crippen molar-refractivity contribution in [3.8, 4) is 11.5 Å². The SMILES string of the molecule is COc1cc(CC(C)C)ccc1COc1ccc2c(c1)CCC(CN1Cc3ccccc3C[C@H]1CO)=C2C. The quantitative estimate of drug-likeness (QED) is 0.351. The van der Waals surface area contributed by atoms with E-state index in [2.05, 4.69) is 86.3 Å². The second kappa shape index (κ2) is 11.8. The molecule has 2 aliphatic rings. The third-order valence-corrected chi connectivity index (χ3v) is 8.17. The molecule has 38 heavy (non-hydrogen) atoms. The Labute approximate surface area is 227 Å². The standard InChI is InChI=1S/C34H41NO3/c1-23(2)15-25-9-10-30(34(16-25)37-4)22-38-32-13-14-33-24(3)28(12-11-27(33)18-32)19-35-20-29-8-6-5-7-26(29)17-31(35)21-36/h5-10,13-14,16,18,23,31,36H,11-12,15,17,19-22H2,1-4H3/t31-/m0/s1. The number of hydrogen-bond acceptors (Lipinski definition) is 4. The predicted octanol–water partition coefficient (Wildman–Crippen LogP) is 6.61. The molecule has 5 rings (SSSR count). The number of ether oxygens (including phenoxy) is 2. The van der Waals surface area contributed by atoms with E-state index < -0.39 is 0 Å². The molecule has 0 unspecified atom stereocenters. The molecule has 4 heteroatoms. The number of nitrogens with zero attached hydrogens (tertiary/aromatic N) is 1. The van der Waals surface area contributed by atoms with Gasteiger partial charge in [-0.3, -0.25) is 4.90 Å². The summed E-state index contributed by atoms with van der Waals surface area (Å²) >= 11 is 0. The molecule has 0 saturated carbocycles. The highest BCUT2D eigenvalue weighted by Crippen LogP contribution is 2.35. The first kappa shape index (κ1) is 26.5. The topological polar surface area (TPSA) is 41.9 Å². The van der Waals surface area contributed by atoms with Crippen molar-refractivity contribution in [1.29, 1.82) is 0 Å². The first-order valence-corrected chi connectivity index (χ1v) is 14.0. The normalized spacial score (nSPS) is 17.4. The average Bonchev–Trinajstić information content (AvgIpc) is 2.93. The van der Waals surface area contributed by atoms with Crippen molar-refractivity contribution < 1.29 is 14.6 Å². The van der Waals surface area contributed by atoms with Gasteiger partial charge in [0.05, 0.1) is 13.7 Å². The molecular formula is C34H41NO3. The van der Waals surface area contributed by atoms with E-state index >= 15 is 0 Å². The third kappa shape index (κ3) is 5.82. The Hall–Kier alpha value is -3.08. The lowest BCUT2D eigenvalue weighted by Crippen LogP contribution is -2.43. The lowest BCUT2D eigenvalue weighted by Gasteiger charge is -2.37. The maximum Gasteiger partial charge on any atom is 0.125 e. The summed E-state index contributed by atoms with van der Waals surface area (Å²) in [4.78, 5) is 2.46. The van der Waals surface area contributed by atoms with Crippen LogP contribution >= 0.6 is 0 Å². The average molecular weight is 512 g/mol. The summed E-state index contributed by atoms with van der Waals surface area (Å²) in [5.41, 5.74) is 10.7. The van der Waals surface area contributed by atoms with Gasteiger partial charge in [0.25, 0.3) is 0 Å². The van der Waals surface area contributed by atoms with E-state index in [4.69, 9.17) is 9.47 Å². The van der Waals surface area contributed by atoms with Crippen LogP contribution in [0, 0.1) is 5.92 Å². The number of aliphatic hydroxyl groups is 1. The van der Waals surface area contributed by atoms with Crippen molar-refractivity contribution in [3.63, 3.8) is 0 Å². The minimum absolute atomic E-state index is 0.179. The summed E-state index contributed by atoms with van der Waals surface area (Å²) in [6.07, 6.45) is 4.02. The lowest BCUT2D eigenvalue weighted by atomic mass is 9.85. The zero-order chi connectivity index (χ0) is 26.6. The highest BCUT2D eigenvalue weighted by molar-refractivity contribution is 5.72. The van der Waals surface area contributed by atoms with Gasteiger partial charge < -0.3 is 14.6 Å². The molecule has 0 bridgehead atoms. The van der Waals surface area contributed by atoms with Crippen molar-refractivity contribution in [2.75, 3.05) is 20.3 Å². The fourth-order valence-corrected chi connectivity index (χ4v) is 6.01. The maximum atomic E-state index is 10.1. The Morgan fingerprint density at radius 2 is 1.79 bits per heavy atom. The number of hydrogen-bond donors (Lipinski definition) is 1. The fraction of sp³-hybridized carbons (Fsp3) is 0.412. The van der Waals surface area contributed by atoms with Gasteiger partial charge in [0.1, 0.15) is 18.1 Å². The van der Waals surface area contributed by atoms with Gasteiger partial charge in [-0.1, -0.05) is 61.9 Å². The van der Waals surface area contributed by atoms with Crippen LogP contribution < -0.4 is 9.47 Å². The number of rotatable bonds is 9. The Morgan fingerprint density at radius 1 is 0.974 bits per heavy atom. The number of aryl methyl sites for hydroxylation is 1. The van der Waals surface area contributed by atoms with E-state index in [0.29, 0.717) is 12.5 Å². The predicted molar refractivity (Wildman–Crippen MR) is 155 cm³/mol. The molecule has 0 fully saturated rings. The molecule has 1 atom stereocenters. The highest BCUT2D eigenvalue weighted by atomic mass is 16.5.